The molecule has 0 atom stereocenters. The van der Waals surface area contributed by atoms with Crippen LogP contribution < -0.4 is 10.0 Å². The summed E-state index contributed by atoms with van der Waals surface area (Å²) in [7, 11) is -3.64. The molecule has 0 aliphatic heterocycles. The Labute approximate surface area is 159 Å². The van der Waals surface area contributed by atoms with Crippen molar-refractivity contribution in [2.24, 2.45) is 0 Å². The Morgan fingerprint density at radius 2 is 1.81 bits per heavy atom. The highest BCUT2D eigenvalue weighted by Gasteiger charge is 2.14. The van der Waals surface area contributed by atoms with Crippen molar-refractivity contribution in [1.29, 1.82) is 0 Å². The minimum atomic E-state index is -3.64. The molecule has 0 fully saturated rings. The van der Waals surface area contributed by atoms with Crippen molar-refractivity contribution in [2.75, 3.05) is 11.9 Å². The summed E-state index contributed by atoms with van der Waals surface area (Å²) in [4.78, 5) is 16.5. The first-order valence-electron chi connectivity index (χ1n) is 7.84. The normalized spacial score (nSPS) is 11.4. The predicted molar refractivity (Wildman–Crippen MR) is 104 cm³/mol. The van der Waals surface area contributed by atoms with Crippen LogP contribution in [0.15, 0.2) is 70.2 Å². The van der Waals surface area contributed by atoms with Crippen LogP contribution in [0.5, 0.6) is 0 Å². The molecule has 1 aromatic heterocycles. The maximum atomic E-state index is 12.2. The lowest BCUT2D eigenvalue weighted by Crippen LogP contribution is -2.27. The number of anilines is 1. The largest absolute Gasteiger partial charge is 0.325 e. The van der Waals surface area contributed by atoms with Crippen molar-refractivity contribution in [2.45, 2.75) is 11.3 Å². The number of para-hydroxylation sites is 1. The molecule has 134 valence electrons. The molecule has 0 bridgehead atoms. The number of nitrogens with zero attached hydrogens (tertiary/aromatic N) is 1. The molecule has 1 amide bonds. The Kier molecular flexibility index (Phi) is 5.65. The summed E-state index contributed by atoms with van der Waals surface area (Å²) in [6.45, 7) is 0.00520. The van der Waals surface area contributed by atoms with Crippen LogP contribution in [-0.2, 0) is 14.8 Å². The number of benzene rings is 2. The van der Waals surface area contributed by atoms with Crippen molar-refractivity contribution in [3.63, 3.8) is 0 Å². The predicted octanol–water partition coefficient (Wildman–Crippen LogP) is 3.30. The second-order valence-corrected chi connectivity index (χ2v) is 8.25. The van der Waals surface area contributed by atoms with Gasteiger partial charge in [0.1, 0.15) is 0 Å². The average molecular weight is 434 g/mol. The number of amides is 1. The van der Waals surface area contributed by atoms with E-state index in [-0.39, 0.29) is 23.8 Å². The fourth-order valence-electron chi connectivity index (χ4n) is 2.36. The summed E-state index contributed by atoms with van der Waals surface area (Å²) in [5, 5.41) is 3.64. The van der Waals surface area contributed by atoms with Crippen molar-refractivity contribution < 1.29 is 13.2 Å². The van der Waals surface area contributed by atoms with Crippen LogP contribution in [0.3, 0.4) is 0 Å². The van der Waals surface area contributed by atoms with Gasteiger partial charge in [-0.1, -0.05) is 34.1 Å². The molecule has 2 aromatic carbocycles. The standard InChI is InChI=1S/C18H16BrN3O3S/c19-14-5-7-16(8-6-14)26(24,25)21-10-9-18(23)22-15-11-13-3-1-2-4-17(13)20-12-15/h1-8,11-12,21H,9-10H2,(H,22,23). The molecule has 0 aliphatic carbocycles. The van der Waals surface area contributed by atoms with Crippen molar-refractivity contribution in [1.82, 2.24) is 9.71 Å². The van der Waals surface area contributed by atoms with E-state index in [0.717, 1.165) is 15.4 Å². The third-order valence-corrected chi connectivity index (χ3v) is 5.65. The van der Waals surface area contributed by atoms with Gasteiger partial charge < -0.3 is 5.32 Å². The van der Waals surface area contributed by atoms with Crippen LogP contribution in [0.1, 0.15) is 6.42 Å². The quantitative estimate of drug-likeness (QED) is 0.623. The number of hydrogen-bond acceptors (Lipinski definition) is 4. The monoisotopic (exact) mass is 433 g/mol. The zero-order chi connectivity index (χ0) is 18.6. The van der Waals surface area contributed by atoms with Gasteiger partial charge in [0.2, 0.25) is 15.9 Å². The Balaban J connectivity index is 1.55. The summed E-state index contributed by atoms with van der Waals surface area (Å²) < 4.78 is 27.5. The summed E-state index contributed by atoms with van der Waals surface area (Å²) in [6, 6.07) is 15.7. The molecule has 8 heteroatoms. The van der Waals surface area contributed by atoms with Gasteiger partial charge in [-0.05, 0) is 36.4 Å². The Bertz CT molecular complexity index is 1040. The van der Waals surface area contributed by atoms with Crippen LogP contribution >= 0.6 is 15.9 Å². The van der Waals surface area contributed by atoms with E-state index in [1.807, 2.05) is 30.3 Å². The van der Waals surface area contributed by atoms with Crippen molar-refractivity contribution in [3.8, 4) is 0 Å². The molecule has 0 saturated carbocycles. The maximum absolute atomic E-state index is 12.2. The minimum Gasteiger partial charge on any atom is -0.325 e. The van der Waals surface area contributed by atoms with Gasteiger partial charge in [0.25, 0.3) is 0 Å². The van der Waals surface area contributed by atoms with Gasteiger partial charge in [0.05, 0.1) is 22.3 Å². The number of hydrogen-bond donors (Lipinski definition) is 2. The minimum absolute atomic E-state index is 0.00520. The van der Waals surface area contributed by atoms with E-state index in [9.17, 15) is 13.2 Å². The van der Waals surface area contributed by atoms with Crippen LogP contribution in [0, 0.1) is 0 Å². The topological polar surface area (TPSA) is 88.2 Å². The van der Waals surface area contributed by atoms with E-state index < -0.39 is 10.0 Å². The Morgan fingerprint density at radius 1 is 1.08 bits per heavy atom. The fraction of sp³-hybridized carbons (Fsp3) is 0.111. The van der Waals surface area contributed by atoms with Gasteiger partial charge >= 0.3 is 0 Å². The van der Waals surface area contributed by atoms with E-state index in [4.69, 9.17) is 0 Å². The molecule has 0 spiro atoms. The summed E-state index contributed by atoms with van der Waals surface area (Å²) in [5.41, 5.74) is 1.41. The van der Waals surface area contributed by atoms with Crippen molar-refractivity contribution >= 4 is 48.5 Å². The zero-order valence-corrected chi connectivity index (χ0v) is 16.0. The van der Waals surface area contributed by atoms with E-state index in [2.05, 4.69) is 31.0 Å². The van der Waals surface area contributed by atoms with Crippen LogP contribution in [-0.4, -0.2) is 25.9 Å². The molecular formula is C18H16BrN3O3S. The van der Waals surface area contributed by atoms with Gasteiger partial charge in [-0.2, -0.15) is 0 Å². The van der Waals surface area contributed by atoms with E-state index >= 15 is 0 Å². The molecule has 3 aromatic rings. The third kappa shape index (κ3) is 4.66. The number of carbonyl (C=O) groups is 1. The van der Waals surface area contributed by atoms with Gasteiger partial charge in [-0.3, -0.25) is 9.78 Å². The number of carbonyl (C=O) groups excluding carboxylic acids is 1. The highest BCUT2D eigenvalue weighted by Crippen LogP contribution is 2.16. The molecule has 0 radical (unpaired) electrons. The Hall–Kier alpha value is -2.29. The van der Waals surface area contributed by atoms with Crippen LogP contribution in [0.4, 0.5) is 5.69 Å². The number of halogens is 1. The molecule has 26 heavy (non-hydrogen) atoms. The van der Waals surface area contributed by atoms with E-state index in [1.54, 1.807) is 18.3 Å². The molecular weight excluding hydrogens is 418 g/mol. The van der Waals surface area contributed by atoms with Crippen LogP contribution in [0.2, 0.25) is 0 Å². The molecule has 0 saturated heterocycles. The van der Waals surface area contributed by atoms with Gasteiger partial charge in [-0.25, -0.2) is 13.1 Å². The lowest BCUT2D eigenvalue weighted by Gasteiger charge is -2.08. The highest BCUT2D eigenvalue weighted by atomic mass is 79.9. The number of aromatic nitrogens is 1. The first kappa shape index (κ1) is 18.5. The third-order valence-electron chi connectivity index (χ3n) is 3.64. The summed E-state index contributed by atoms with van der Waals surface area (Å²) in [6.07, 6.45) is 1.59. The second kappa shape index (κ2) is 7.94. The highest BCUT2D eigenvalue weighted by molar-refractivity contribution is 9.10. The van der Waals surface area contributed by atoms with E-state index in [0.29, 0.717) is 5.69 Å². The number of pyridine rings is 1. The number of nitrogens with one attached hydrogen (secondary N) is 2. The van der Waals surface area contributed by atoms with E-state index in [1.165, 1.54) is 12.1 Å². The second-order valence-electron chi connectivity index (χ2n) is 5.57. The maximum Gasteiger partial charge on any atom is 0.240 e. The summed E-state index contributed by atoms with van der Waals surface area (Å²) >= 11 is 3.26. The summed E-state index contributed by atoms with van der Waals surface area (Å²) in [5.74, 6) is -0.291. The molecule has 0 unspecified atom stereocenters. The SMILES string of the molecule is O=C(CCNS(=O)(=O)c1ccc(Br)cc1)Nc1cnc2ccccc2c1. The van der Waals surface area contributed by atoms with Crippen LogP contribution in [0.25, 0.3) is 10.9 Å². The molecule has 2 N–H and O–H groups in total. The first-order chi connectivity index (χ1) is 12.4. The number of sulfonamides is 1. The number of fused-ring (bicyclic) bond motifs is 1. The first-order valence-corrected chi connectivity index (χ1v) is 10.1. The molecule has 1 heterocycles. The average Bonchev–Trinajstić information content (AvgIpc) is 2.62. The molecule has 3 rings (SSSR count). The molecule has 6 nitrogen and oxygen atoms in total. The Morgan fingerprint density at radius 3 is 2.58 bits per heavy atom. The zero-order valence-electron chi connectivity index (χ0n) is 13.6. The fourth-order valence-corrected chi connectivity index (χ4v) is 3.66. The molecule has 0 aliphatic rings. The van der Waals surface area contributed by atoms with Gasteiger partial charge in [0.15, 0.2) is 0 Å². The lowest BCUT2D eigenvalue weighted by atomic mass is 10.2. The smallest absolute Gasteiger partial charge is 0.240 e. The number of rotatable bonds is 6. The lowest BCUT2D eigenvalue weighted by molar-refractivity contribution is -0.116. The van der Waals surface area contributed by atoms with Gasteiger partial charge in [-0.15, -0.1) is 0 Å². The van der Waals surface area contributed by atoms with Gasteiger partial charge in [0, 0.05) is 22.8 Å². The van der Waals surface area contributed by atoms with Crippen molar-refractivity contribution in [3.05, 3.63) is 65.3 Å².